The highest BCUT2D eigenvalue weighted by Gasteiger charge is 2.11. The normalized spacial score (nSPS) is 12.5. The Kier molecular flexibility index (Phi) is 3.77. The van der Waals surface area contributed by atoms with Crippen molar-refractivity contribution in [1.29, 1.82) is 0 Å². The van der Waals surface area contributed by atoms with Crippen LogP contribution >= 0.6 is 0 Å². The van der Waals surface area contributed by atoms with E-state index in [9.17, 15) is 9.18 Å². The van der Waals surface area contributed by atoms with Gasteiger partial charge in [0.1, 0.15) is 5.82 Å². The molecule has 0 aliphatic carbocycles. The monoisotopic (exact) mass is 195 g/mol. The molecule has 0 saturated heterocycles. The van der Waals surface area contributed by atoms with Crippen LogP contribution in [0.15, 0.2) is 24.3 Å². The quantitative estimate of drug-likeness (QED) is 0.794. The van der Waals surface area contributed by atoms with Gasteiger partial charge in [-0.15, -0.1) is 0 Å². The van der Waals surface area contributed by atoms with Crippen molar-refractivity contribution in [3.05, 3.63) is 35.6 Å². The van der Waals surface area contributed by atoms with Crippen molar-refractivity contribution in [2.75, 3.05) is 0 Å². The van der Waals surface area contributed by atoms with Gasteiger partial charge in [0.25, 0.3) is 0 Å². The molecule has 1 atom stereocenters. The van der Waals surface area contributed by atoms with Gasteiger partial charge >= 0.3 is 0 Å². The summed E-state index contributed by atoms with van der Waals surface area (Å²) in [6.45, 7) is 1.86. The van der Waals surface area contributed by atoms with Crippen molar-refractivity contribution in [1.82, 2.24) is 0 Å². The second kappa shape index (κ2) is 4.86. The molecule has 0 spiro atoms. The van der Waals surface area contributed by atoms with E-state index in [0.717, 1.165) is 0 Å². The summed E-state index contributed by atoms with van der Waals surface area (Å²) in [7, 11) is 0. The number of halogens is 1. The molecular formula is C11H14FNO. The van der Waals surface area contributed by atoms with Gasteiger partial charge in [-0.25, -0.2) is 4.39 Å². The summed E-state index contributed by atoms with van der Waals surface area (Å²) in [5.74, 6) is -0.363. The number of nitrogens with two attached hydrogens (primary N) is 1. The van der Waals surface area contributed by atoms with Crippen LogP contribution in [0.4, 0.5) is 4.39 Å². The van der Waals surface area contributed by atoms with Crippen LogP contribution in [0.5, 0.6) is 0 Å². The molecule has 0 saturated carbocycles. The van der Waals surface area contributed by atoms with Crippen molar-refractivity contribution < 1.29 is 9.18 Å². The zero-order chi connectivity index (χ0) is 10.6. The Labute approximate surface area is 82.9 Å². The van der Waals surface area contributed by atoms with Crippen LogP contribution in [0.1, 0.15) is 18.9 Å². The molecule has 76 valence electrons. The van der Waals surface area contributed by atoms with Gasteiger partial charge in [0.15, 0.2) is 5.78 Å². The van der Waals surface area contributed by atoms with Gasteiger partial charge in [0.05, 0.1) is 6.04 Å². The van der Waals surface area contributed by atoms with Gasteiger partial charge in [-0.05, 0) is 24.1 Å². The number of rotatable bonds is 4. The number of hydrogen-bond donors (Lipinski definition) is 1. The molecule has 1 aromatic rings. The van der Waals surface area contributed by atoms with E-state index < -0.39 is 6.04 Å². The summed E-state index contributed by atoms with van der Waals surface area (Å²) in [5, 5.41) is 0. The predicted molar refractivity (Wildman–Crippen MR) is 53.4 cm³/mol. The van der Waals surface area contributed by atoms with E-state index in [1.54, 1.807) is 12.1 Å². The van der Waals surface area contributed by atoms with Crippen molar-refractivity contribution in [2.24, 2.45) is 5.73 Å². The number of carbonyl (C=O) groups excluding carboxylic acids is 1. The van der Waals surface area contributed by atoms with E-state index in [1.165, 1.54) is 12.1 Å². The summed E-state index contributed by atoms with van der Waals surface area (Å²) in [5.41, 5.74) is 6.24. The molecular weight excluding hydrogens is 181 g/mol. The molecule has 0 fully saturated rings. The topological polar surface area (TPSA) is 43.1 Å². The molecule has 1 unspecified atom stereocenters. The van der Waals surface area contributed by atoms with E-state index in [2.05, 4.69) is 0 Å². The van der Waals surface area contributed by atoms with E-state index in [-0.39, 0.29) is 18.0 Å². The maximum atomic E-state index is 12.8. The van der Waals surface area contributed by atoms with Crippen LogP contribution < -0.4 is 5.73 Å². The lowest BCUT2D eigenvalue weighted by Gasteiger charge is -2.07. The summed E-state index contributed by atoms with van der Waals surface area (Å²) in [4.78, 5) is 11.4. The van der Waals surface area contributed by atoms with Gasteiger partial charge in [-0.1, -0.05) is 19.1 Å². The molecule has 0 heterocycles. The van der Waals surface area contributed by atoms with Crippen molar-refractivity contribution in [3.8, 4) is 0 Å². The number of Topliss-reactive ketones (excluding diaryl/α,β-unsaturated/α-hetero) is 1. The maximum Gasteiger partial charge on any atom is 0.153 e. The summed E-state index contributed by atoms with van der Waals surface area (Å²) >= 11 is 0. The van der Waals surface area contributed by atoms with E-state index in [1.807, 2.05) is 6.92 Å². The van der Waals surface area contributed by atoms with Crippen LogP contribution in [0.25, 0.3) is 0 Å². The molecule has 3 heteroatoms. The maximum absolute atomic E-state index is 12.8. The van der Waals surface area contributed by atoms with E-state index in [4.69, 9.17) is 5.73 Å². The van der Waals surface area contributed by atoms with Crippen LogP contribution in [-0.2, 0) is 11.2 Å². The third kappa shape index (κ3) is 2.92. The first-order chi connectivity index (χ1) is 6.63. The van der Waals surface area contributed by atoms with Crippen molar-refractivity contribution in [3.63, 3.8) is 0 Å². The molecule has 0 aliphatic rings. The second-order valence-electron chi connectivity index (χ2n) is 3.29. The lowest BCUT2D eigenvalue weighted by Crippen LogP contribution is -2.30. The molecule has 0 aliphatic heterocycles. The average molecular weight is 195 g/mol. The molecule has 1 aromatic carbocycles. The standard InChI is InChI=1S/C11H14FNO/c1-2-10(13)11(14)7-8-4-3-5-9(12)6-8/h3-6,10H,2,7,13H2,1H3. The third-order valence-electron chi connectivity index (χ3n) is 2.12. The Hall–Kier alpha value is -1.22. The minimum atomic E-state index is -0.432. The molecule has 0 radical (unpaired) electrons. The third-order valence-corrected chi connectivity index (χ3v) is 2.12. The molecule has 1 rings (SSSR count). The second-order valence-corrected chi connectivity index (χ2v) is 3.29. The largest absolute Gasteiger partial charge is 0.322 e. The van der Waals surface area contributed by atoms with Gasteiger partial charge in [0, 0.05) is 6.42 Å². The predicted octanol–water partition coefficient (Wildman–Crippen LogP) is 1.67. The highest BCUT2D eigenvalue weighted by Crippen LogP contribution is 2.06. The molecule has 0 amide bonds. The highest BCUT2D eigenvalue weighted by atomic mass is 19.1. The highest BCUT2D eigenvalue weighted by molar-refractivity contribution is 5.85. The average Bonchev–Trinajstić information content (AvgIpc) is 2.16. The van der Waals surface area contributed by atoms with Crippen molar-refractivity contribution in [2.45, 2.75) is 25.8 Å². The molecule has 0 aromatic heterocycles. The zero-order valence-corrected chi connectivity index (χ0v) is 8.16. The smallest absolute Gasteiger partial charge is 0.153 e. The first-order valence-electron chi connectivity index (χ1n) is 4.66. The fourth-order valence-corrected chi connectivity index (χ4v) is 1.21. The van der Waals surface area contributed by atoms with Crippen LogP contribution in [0, 0.1) is 5.82 Å². The zero-order valence-electron chi connectivity index (χ0n) is 8.16. The Balaban J connectivity index is 2.65. The van der Waals surface area contributed by atoms with E-state index in [0.29, 0.717) is 12.0 Å². The fourth-order valence-electron chi connectivity index (χ4n) is 1.21. The number of hydrogen-bond acceptors (Lipinski definition) is 2. The van der Waals surface area contributed by atoms with Crippen molar-refractivity contribution >= 4 is 5.78 Å². The Bertz CT molecular complexity index is 325. The lowest BCUT2D eigenvalue weighted by atomic mass is 10.0. The molecule has 2 nitrogen and oxygen atoms in total. The lowest BCUT2D eigenvalue weighted by molar-refractivity contribution is -0.119. The van der Waals surface area contributed by atoms with Gasteiger partial charge in [-0.2, -0.15) is 0 Å². The Morgan fingerprint density at radius 1 is 1.57 bits per heavy atom. The van der Waals surface area contributed by atoms with Gasteiger partial charge in [0.2, 0.25) is 0 Å². The fraction of sp³-hybridized carbons (Fsp3) is 0.364. The number of ketones is 1. The molecule has 2 N–H and O–H groups in total. The Morgan fingerprint density at radius 3 is 2.86 bits per heavy atom. The minimum Gasteiger partial charge on any atom is -0.322 e. The van der Waals surface area contributed by atoms with Crippen LogP contribution in [-0.4, -0.2) is 11.8 Å². The first-order valence-corrected chi connectivity index (χ1v) is 4.66. The Morgan fingerprint density at radius 2 is 2.29 bits per heavy atom. The molecule has 0 bridgehead atoms. The van der Waals surface area contributed by atoms with Gasteiger partial charge < -0.3 is 5.73 Å². The summed E-state index contributed by atoms with van der Waals surface area (Å²) in [6, 6.07) is 5.60. The number of carbonyl (C=O) groups is 1. The van der Waals surface area contributed by atoms with Gasteiger partial charge in [-0.3, -0.25) is 4.79 Å². The minimum absolute atomic E-state index is 0.0434. The summed E-state index contributed by atoms with van der Waals surface area (Å²) in [6.07, 6.45) is 0.834. The van der Waals surface area contributed by atoms with Crippen LogP contribution in [0.2, 0.25) is 0 Å². The number of benzene rings is 1. The van der Waals surface area contributed by atoms with E-state index >= 15 is 0 Å². The first kappa shape index (κ1) is 10.9. The summed E-state index contributed by atoms with van der Waals surface area (Å²) < 4.78 is 12.8. The SMILES string of the molecule is CCC(N)C(=O)Cc1cccc(F)c1. The molecule has 14 heavy (non-hydrogen) atoms. The van der Waals surface area contributed by atoms with Crippen LogP contribution in [0.3, 0.4) is 0 Å².